The van der Waals surface area contributed by atoms with Crippen LogP contribution >= 0.6 is 23.2 Å². The summed E-state index contributed by atoms with van der Waals surface area (Å²) in [6.07, 6.45) is -1.78. The standard InChI is InChI=1S/C36H31Cl2F4N3O4/c37-27-11-14-30(31(38)21-27)32-35(15-4-8-23-6-2-1-3-7-23,44-33(49-32)25-9-12-29(13-10-25)48-17-5-16-46)34(47)45-43-22-24-18-26(36(40,41)42)20-28(39)19-24/h1-4,6-14,18-21,32,43,46H,5,15-17,22H2,(H,45,47)/b8-4+/t32-,35-/m0/s1. The number of rotatable bonds is 13. The fraction of sp³-hybridized carbons (Fsp3) is 0.222. The van der Waals surface area contributed by atoms with Crippen LogP contribution in [0.5, 0.6) is 5.75 Å². The monoisotopic (exact) mass is 715 g/mol. The lowest BCUT2D eigenvalue weighted by atomic mass is 9.84. The molecule has 2 atom stereocenters. The third kappa shape index (κ3) is 8.98. The number of hydrazine groups is 1. The number of ether oxygens (including phenoxy) is 2. The van der Waals surface area contributed by atoms with Crippen molar-refractivity contribution in [2.24, 2.45) is 4.99 Å². The van der Waals surface area contributed by atoms with Gasteiger partial charge in [0.15, 0.2) is 11.6 Å². The van der Waals surface area contributed by atoms with E-state index >= 15 is 0 Å². The number of amides is 1. The van der Waals surface area contributed by atoms with Crippen molar-refractivity contribution in [1.29, 1.82) is 0 Å². The quantitative estimate of drug-likeness (QED) is 0.0740. The van der Waals surface area contributed by atoms with E-state index in [1.165, 1.54) is 6.07 Å². The Balaban J connectivity index is 1.51. The molecule has 3 N–H and O–H groups in total. The lowest BCUT2D eigenvalue weighted by Gasteiger charge is -2.30. The zero-order valence-electron chi connectivity index (χ0n) is 25.8. The van der Waals surface area contributed by atoms with E-state index in [-0.39, 0.29) is 36.1 Å². The SMILES string of the molecule is O=C(NNCc1cc(F)cc(C(F)(F)F)c1)[C@@]1(C/C=C/c2ccccc2)N=C(c2ccc(OCCCO)cc2)O[C@H]1c1ccc(Cl)cc1Cl. The minimum atomic E-state index is -4.75. The van der Waals surface area contributed by atoms with E-state index in [4.69, 9.17) is 42.8 Å². The lowest BCUT2D eigenvalue weighted by Crippen LogP contribution is -2.52. The van der Waals surface area contributed by atoms with Gasteiger partial charge < -0.3 is 14.6 Å². The van der Waals surface area contributed by atoms with Crippen LogP contribution in [0.25, 0.3) is 6.08 Å². The molecule has 0 saturated heterocycles. The molecule has 0 aliphatic carbocycles. The van der Waals surface area contributed by atoms with E-state index in [2.05, 4.69) is 10.9 Å². The van der Waals surface area contributed by atoms with E-state index in [1.807, 2.05) is 36.4 Å². The second kappa shape index (κ2) is 15.9. The Bertz CT molecular complexity index is 1820. The summed E-state index contributed by atoms with van der Waals surface area (Å²) in [5.74, 6) is -1.08. The van der Waals surface area contributed by atoms with Crippen LogP contribution in [0, 0.1) is 5.82 Å². The average Bonchev–Trinajstić information content (AvgIpc) is 3.45. The van der Waals surface area contributed by atoms with Crippen LogP contribution in [-0.4, -0.2) is 35.7 Å². The molecule has 1 amide bonds. The zero-order valence-corrected chi connectivity index (χ0v) is 27.3. The summed E-state index contributed by atoms with van der Waals surface area (Å²) in [5.41, 5.74) is 4.10. The molecule has 49 heavy (non-hydrogen) atoms. The smallest absolute Gasteiger partial charge is 0.416 e. The van der Waals surface area contributed by atoms with Crippen LogP contribution < -0.4 is 15.6 Å². The van der Waals surface area contributed by atoms with Crippen molar-refractivity contribution in [1.82, 2.24) is 10.9 Å². The molecule has 0 unspecified atom stereocenters. The van der Waals surface area contributed by atoms with Crippen molar-refractivity contribution in [3.8, 4) is 5.75 Å². The number of halogens is 6. The normalized spacial score (nSPS) is 17.5. The summed E-state index contributed by atoms with van der Waals surface area (Å²) < 4.78 is 66.0. The molecule has 4 aromatic carbocycles. The number of hydrogen-bond acceptors (Lipinski definition) is 6. The fourth-order valence-electron chi connectivity index (χ4n) is 5.20. The molecular weight excluding hydrogens is 685 g/mol. The maximum atomic E-state index is 14.3. The van der Waals surface area contributed by atoms with E-state index < -0.39 is 35.1 Å². The molecule has 1 aliphatic heterocycles. The second-order valence-corrected chi connectivity index (χ2v) is 12.0. The van der Waals surface area contributed by atoms with Crippen LogP contribution in [0.4, 0.5) is 17.6 Å². The molecule has 1 heterocycles. The van der Waals surface area contributed by atoms with E-state index in [0.29, 0.717) is 41.0 Å². The molecule has 0 radical (unpaired) electrons. The first-order valence-corrected chi connectivity index (χ1v) is 15.9. The summed E-state index contributed by atoms with van der Waals surface area (Å²) in [6, 6.07) is 23.1. The van der Waals surface area contributed by atoms with Crippen LogP contribution in [0.3, 0.4) is 0 Å². The number of carbonyl (C=O) groups excluding carboxylic acids is 1. The summed E-state index contributed by atoms with van der Waals surface area (Å²) in [7, 11) is 0. The molecule has 0 fully saturated rings. The molecule has 4 aromatic rings. The minimum absolute atomic E-state index is 0.00305. The highest BCUT2D eigenvalue weighted by Crippen LogP contribution is 2.45. The summed E-state index contributed by atoms with van der Waals surface area (Å²) in [4.78, 5) is 19.1. The van der Waals surface area contributed by atoms with Crippen molar-refractivity contribution in [3.05, 3.63) is 141 Å². The van der Waals surface area contributed by atoms with Gasteiger partial charge in [0.1, 0.15) is 11.6 Å². The maximum Gasteiger partial charge on any atom is 0.416 e. The van der Waals surface area contributed by atoms with Gasteiger partial charge >= 0.3 is 6.18 Å². The molecule has 256 valence electrons. The highest BCUT2D eigenvalue weighted by Gasteiger charge is 2.53. The highest BCUT2D eigenvalue weighted by molar-refractivity contribution is 6.35. The van der Waals surface area contributed by atoms with Crippen molar-refractivity contribution in [2.45, 2.75) is 37.2 Å². The van der Waals surface area contributed by atoms with Gasteiger partial charge in [-0.25, -0.2) is 14.8 Å². The molecule has 7 nitrogen and oxygen atoms in total. The third-order valence-electron chi connectivity index (χ3n) is 7.59. The first-order chi connectivity index (χ1) is 23.5. The van der Waals surface area contributed by atoms with Gasteiger partial charge in [-0.1, -0.05) is 71.8 Å². The van der Waals surface area contributed by atoms with E-state index in [0.717, 1.165) is 17.7 Å². The Hall–Kier alpha value is -4.42. The van der Waals surface area contributed by atoms with Crippen LogP contribution in [0.2, 0.25) is 10.0 Å². The Morgan fingerprint density at radius 3 is 2.47 bits per heavy atom. The van der Waals surface area contributed by atoms with Crippen molar-refractivity contribution >= 4 is 41.1 Å². The molecular formula is C36H31Cl2F4N3O4. The zero-order chi connectivity index (χ0) is 35.0. The molecule has 0 bridgehead atoms. The maximum absolute atomic E-state index is 14.3. The van der Waals surface area contributed by atoms with Gasteiger partial charge in [0.05, 0.1) is 12.2 Å². The number of aliphatic imine (C=N–C) groups is 1. The Morgan fingerprint density at radius 2 is 1.78 bits per heavy atom. The van der Waals surface area contributed by atoms with Crippen molar-refractivity contribution in [3.63, 3.8) is 0 Å². The fourth-order valence-corrected chi connectivity index (χ4v) is 5.70. The minimum Gasteiger partial charge on any atom is -0.494 e. The van der Waals surface area contributed by atoms with Gasteiger partial charge in [-0.05, 0) is 65.7 Å². The molecule has 0 aromatic heterocycles. The number of hydrogen-bond donors (Lipinski definition) is 3. The number of aliphatic hydroxyl groups excluding tert-OH is 1. The van der Waals surface area contributed by atoms with Gasteiger partial charge in [-0.3, -0.25) is 10.2 Å². The molecule has 5 rings (SSSR count). The van der Waals surface area contributed by atoms with E-state index in [1.54, 1.807) is 42.5 Å². The third-order valence-corrected chi connectivity index (χ3v) is 8.16. The van der Waals surface area contributed by atoms with Gasteiger partial charge in [0, 0.05) is 47.2 Å². The number of aliphatic hydroxyl groups is 1. The number of alkyl halides is 3. The predicted octanol–water partition coefficient (Wildman–Crippen LogP) is 8.09. The summed E-state index contributed by atoms with van der Waals surface area (Å²) in [5, 5.41) is 9.62. The van der Waals surface area contributed by atoms with Crippen molar-refractivity contribution in [2.75, 3.05) is 13.2 Å². The van der Waals surface area contributed by atoms with Gasteiger partial charge in [0.2, 0.25) is 5.90 Å². The Labute approximate surface area is 290 Å². The largest absolute Gasteiger partial charge is 0.494 e. The first-order valence-electron chi connectivity index (χ1n) is 15.2. The summed E-state index contributed by atoms with van der Waals surface area (Å²) in [6.45, 7) is -0.0163. The van der Waals surface area contributed by atoms with Gasteiger partial charge in [-0.15, -0.1) is 0 Å². The average molecular weight is 717 g/mol. The summed E-state index contributed by atoms with van der Waals surface area (Å²) >= 11 is 12.8. The Morgan fingerprint density at radius 1 is 1.02 bits per heavy atom. The Kier molecular flexibility index (Phi) is 11.6. The topological polar surface area (TPSA) is 92.2 Å². The predicted molar refractivity (Wildman–Crippen MR) is 180 cm³/mol. The van der Waals surface area contributed by atoms with Crippen molar-refractivity contribution < 1.29 is 36.9 Å². The van der Waals surface area contributed by atoms with Crippen LogP contribution in [-0.2, 0) is 22.3 Å². The number of nitrogens with zero attached hydrogens (tertiary/aromatic N) is 1. The first kappa shape index (κ1) is 35.9. The number of benzene rings is 4. The molecule has 0 spiro atoms. The number of carbonyl (C=O) groups is 1. The van der Waals surface area contributed by atoms with Crippen LogP contribution in [0.15, 0.2) is 102 Å². The molecule has 1 aliphatic rings. The molecule has 13 heteroatoms. The van der Waals surface area contributed by atoms with Crippen LogP contribution in [0.1, 0.15) is 46.8 Å². The second-order valence-electron chi connectivity index (χ2n) is 11.1. The van der Waals surface area contributed by atoms with Gasteiger partial charge in [0.25, 0.3) is 5.91 Å². The van der Waals surface area contributed by atoms with E-state index in [9.17, 15) is 22.4 Å². The lowest BCUT2D eigenvalue weighted by molar-refractivity contribution is -0.138. The highest BCUT2D eigenvalue weighted by atomic mass is 35.5. The van der Waals surface area contributed by atoms with Gasteiger partial charge in [-0.2, -0.15) is 13.2 Å². The molecule has 0 saturated carbocycles. The number of nitrogens with one attached hydrogen (secondary N) is 2.